The summed E-state index contributed by atoms with van der Waals surface area (Å²) in [6, 6.07) is 8.49. The Bertz CT molecular complexity index is 915. The molecule has 2 aromatic carbocycles. The molecule has 1 heterocycles. The van der Waals surface area contributed by atoms with Gasteiger partial charge in [0.25, 0.3) is 0 Å². The largest absolute Gasteiger partial charge is 0.509 e. The highest BCUT2D eigenvalue weighted by molar-refractivity contribution is 6.24. The normalized spacial score (nSPS) is 18.2. The molecule has 3 rings (SSSR count). The number of hydrogen-bond donors (Lipinski definition) is 2. The average molecular weight is 400 g/mol. The van der Waals surface area contributed by atoms with Crippen LogP contribution in [-0.2, 0) is 12.4 Å². The molecule has 0 fully saturated rings. The summed E-state index contributed by atoms with van der Waals surface area (Å²) in [6.45, 7) is 0. The van der Waals surface area contributed by atoms with Gasteiger partial charge in [-0.15, -0.1) is 0 Å². The van der Waals surface area contributed by atoms with Crippen LogP contribution >= 0.6 is 0 Å². The van der Waals surface area contributed by atoms with Gasteiger partial charge in [-0.3, -0.25) is 5.41 Å². The van der Waals surface area contributed by atoms with Crippen LogP contribution in [0.15, 0.2) is 54.3 Å². The molecule has 0 bridgehead atoms. The maximum absolute atomic E-state index is 13.1. The van der Waals surface area contributed by atoms with E-state index in [1.807, 2.05) is 0 Å². The molecule has 1 atom stereocenters. The number of halogens is 6. The number of hydrogen-bond acceptors (Lipinski definition) is 2. The monoisotopic (exact) mass is 400 g/mol. The fourth-order valence-electron chi connectivity index (χ4n) is 3.15. The zero-order chi connectivity index (χ0) is 20.9. The average Bonchev–Trinajstić information content (AvgIpc) is 2.83. The van der Waals surface area contributed by atoms with Gasteiger partial charge in [0.1, 0.15) is 17.6 Å². The molecule has 0 amide bonds. The summed E-state index contributed by atoms with van der Waals surface area (Å²) in [5.74, 6) is -0.857. The Labute approximate surface area is 156 Å². The number of amidine groups is 1. The van der Waals surface area contributed by atoms with Crippen LogP contribution in [0.4, 0.5) is 26.3 Å². The number of aliphatic hydroxyl groups excluding tert-OH is 1. The first-order chi connectivity index (χ1) is 12.9. The fraction of sp³-hybridized carbons (Fsp3) is 0.211. The Morgan fingerprint density at radius 1 is 0.893 bits per heavy atom. The molecule has 1 unspecified atom stereocenters. The Hall–Kier alpha value is -2.97. The number of rotatable bonds is 2. The second-order valence-corrected chi connectivity index (χ2v) is 6.33. The number of benzene rings is 2. The Balaban J connectivity index is 2.21. The summed E-state index contributed by atoms with van der Waals surface area (Å²) < 4.78 is 78.8. The highest BCUT2D eigenvalue weighted by Gasteiger charge is 2.40. The first-order valence-corrected chi connectivity index (χ1v) is 8.01. The smallest absolute Gasteiger partial charge is 0.416 e. The second-order valence-electron chi connectivity index (χ2n) is 6.33. The molecule has 0 spiro atoms. The van der Waals surface area contributed by atoms with E-state index in [4.69, 9.17) is 5.41 Å². The van der Waals surface area contributed by atoms with E-state index in [-0.39, 0.29) is 17.5 Å². The van der Waals surface area contributed by atoms with Crippen molar-refractivity contribution in [3.8, 4) is 0 Å². The lowest BCUT2D eigenvalue weighted by Crippen LogP contribution is -2.25. The van der Waals surface area contributed by atoms with Crippen molar-refractivity contribution in [3.05, 3.63) is 76.5 Å². The standard InChI is InChI=1S/C19H14F6N2O/c1-27-15(10-5-3-2-4-6-10)16(28)14(17(27)26)11-7-12(18(20,21)22)9-13(8-11)19(23,24)25/h2-9,15,26,28H,1H3. The minimum Gasteiger partial charge on any atom is -0.509 e. The van der Waals surface area contributed by atoms with Crippen molar-refractivity contribution in [2.45, 2.75) is 18.4 Å². The molecule has 9 heteroatoms. The molecule has 28 heavy (non-hydrogen) atoms. The molecule has 0 radical (unpaired) electrons. The van der Waals surface area contributed by atoms with Crippen molar-refractivity contribution in [1.29, 1.82) is 5.41 Å². The topological polar surface area (TPSA) is 47.3 Å². The molecule has 2 N–H and O–H groups in total. The van der Waals surface area contributed by atoms with E-state index >= 15 is 0 Å². The Morgan fingerprint density at radius 3 is 1.86 bits per heavy atom. The van der Waals surface area contributed by atoms with Gasteiger partial charge in [-0.05, 0) is 29.3 Å². The van der Waals surface area contributed by atoms with E-state index in [2.05, 4.69) is 0 Å². The predicted molar refractivity (Wildman–Crippen MR) is 90.7 cm³/mol. The molecule has 3 nitrogen and oxygen atoms in total. The summed E-state index contributed by atoms with van der Waals surface area (Å²) in [7, 11) is 1.43. The van der Waals surface area contributed by atoms with E-state index in [0.717, 1.165) is 0 Å². The minimum absolute atomic E-state index is 0.0120. The van der Waals surface area contributed by atoms with Crippen molar-refractivity contribution in [1.82, 2.24) is 4.90 Å². The van der Waals surface area contributed by atoms with Crippen molar-refractivity contribution in [2.24, 2.45) is 0 Å². The van der Waals surface area contributed by atoms with Gasteiger partial charge in [0.05, 0.1) is 16.7 Å². The van der Waals surface area contributed by atoms with Gasteiger partial charge in [0.2, 0.25) is 0 Å². The summed E-state index contributed by atoms with van der Waals surface area (Å²) >= 11 is 0. The molecule has 0 aliphatic carbocycles. The van der Waals surface area contributed by atoms with E-state index in [1.165, 1.54) is 11.9 Å². The molecule has 148 valence electrons. The van der Waals surface area contributed by atoms with Gasteiger partial charge < -0.3 is 10.0 Å². The van der Waals surface area contributed by atoms with Crippen molar-refractivity contribution in [2.75, 3.05) is 7.05 Å². The maximum Gasteiger partial charge on any atom is 0.416 e. The van der Waals surface area contributed by atoms with Gasteiger partial charge in [0, 0.05) is 7.05 Å². The summed E-state index contributed by atoms with van der Waals surface area (Å²) in [5.41, 5.74) is -3.35. The molecule has 0 saturated heterocycles. The van der Waals surface area contributed by atoms with Gasteiger partial charge in [-0.2, -0.15) is 26.3 Å². The van der Waals surface area contributed by atoms with Crippen LogP contribution < -0.4 is 0 Å². The first-order valence-electron chi connectivity index (χ1n) is 8.01. The molecule has 0 aromatic heterocycles. The third kappa shape index (κ3) is 3.44. The van der Waals surface area contributed by atoms with Crippen molar-refractivity contribution in [3.63, 3.8) is 0 Å². The SMILES string of the molecule is CN1C(=N)C(c2cc(C(F)(F)F)cc(C(F)(F)F)c2)=C(O)C1c1ccccc1. The van der Waals surface area contributed by atoms with Gasteiger partial charge in [-0.1, -0.05) is 30.3 Å². The zero-order valence-corrected chi connectivity index (χ0v) is 14.4. The lowest BCUT2D eigenvalue weighted by molar-refractivity contribution is -0.143. The number of nitrogens with one attached hydrogen (secondary N) is 1. The number of nitrogens with zero attached hydrogens (tertiary/aromatic N) is 1. The molecule has 1 aliphatic rings. The predicted octanol–water partition coefficient (Wildman–Crippen LogP) is 5.66. The maximum atomic E-state index is 13.1. The third-order valence-corrected chi connectivity index (χ3v) is 4.48. The number of alkyl halides is 6. The Kier molecular flexibility index (Phi) is 4.64. The van der Waals surface area contributed by atoms with Gasteiger partial charge >= 0.3 is 12.4 Å². The van der Waals surface area contributed by atoms with E-state index < -0.39 is 40.8 Å². The molecular formula is C19H14F6N2O. The van der Waals surface area contributed by atoms with Crippen LogP contribution in [0.2, 0.25) is 0 Å². The molecular weight excluding hydrogens is 386 g/mol. The summed E-state index contributed by atoms with van der Waals surface area (Å²) in [4.78, 5) is 1.29. The van der Waals surface area contributed by atoms with Crippen LogP contribution in [0.5, 0.6) is 0 Å². The minimum atomic E-state index is -5.02. The van der Waals surface area contributed by atoms with Crippen LogP contribution in [0.1, 0.15) is 28.3 Å². The van der Waals surface area contributed by atoms with Crippen LogP contribution in [0.3, 0.4) is 0 Å². The quantitative estimate of drug-likeness (QED) is 0.640. The highest BCUT2D eigenvalue weighted by atomic mass is 19.4. The lowest BCUT2D eigenvalue weighted by Gasteiger charge is -2.22. The summed E-state index contributed by atoms with van der Waals surface area (Å²) in [5, 5.41) is 18.8. The highest BCUT2D eigenvalue weighted by Crippen LogP contribution is 2.43. The summed E-state index contributed by atoms with van der Waals surface area (Å²) in [6.07, 6.45) is -10.0. The zero-order valence-electron chi connectivity index (χ0n) is 14.4. The van der Waals surface area contributed by atoms with Crippen LogP contribution in [-0.4, -0.2) is 22.9 Å². The van der Waals surface area contributed by atoms with Crippen LogP contribution in [0, 0.1) is 5.41 Å². The number of aliphatic hydroxyl groups is 1. The van der Waals surface area contributed by atoms with E-state index in [9.17, 15) is 31.4 Å². The van der Waals surface area contributed by atoms with Gasteiger partial charge in [0.15, 0.2) is 0 Å². The van der Waals surface area contributed by atoms with Crippen molar-refractivity contribution >= 4 is 11.4 Å². The van der Waals surface area contributed by atoms with Crippen molar-refractivity contribution < 1.29 is 31.4 Å². The van der Waals surface area contributed by atoms with Gasteiger partial charge in [-0.25, -0.2) is 0 Å². The number of likely N-dealkylation sites (N-methyl/N-ethyl adjacent to an activating group) is 1. The van der Waals surface area contributed by atoms with Crippen LogP contribution in [0.25, 0.3) is 5.57 Å². The second kappa shape index (κ2) is 6.57. The molecule has 0 saturated carbocycles. The molecule has 2 aromatic rings. The Morgan fingerprint density at radius 2 is 1.39 bits per heavy atom. The van der Waals surface area contributed by atoms with E-state index in [1.54, 1.807) is 30.3 Å². The fourth-order valence-corrected chi connectivity index (χ4v) is 3.15. The first kappa shape index (κ1) is 19.8. The third-order valence-electron chi connectivity index (χ3n) is 4.48. The van der Waals surface area contributed by atoms with E-state index in [0.29, 0.717) is 17.7 Å². The lowest BCUT2D eigenvalue weighted by atomic mass is 9.97. The molecule has 1 aliphatic heterocycles.